The normalized spacial score (nSPS) is 20.1. The highest BCUT2D eigenvalue weighted by atomic mass is 32.2. The zero-order valence-corrected chi connectivity index (χ0v) is 19.9. The van der Waals surface area contributed by atoms with E-state index in [0.717, 1.165) is 36.4 Å². The van der Waals surface area contributed by atoms with Gasteiger partial charge in [0.2, 0.25) is 5.91 Å². The van der Waals surface area contributed by atoms with Crippen LogP contribution < -0.4 is 5.32 Å². The largest absolute Gasteiger partial charge is 0.507 e. The number of aromatic hydroxyl groups is 1. The van der Waals surface area contributed by atoms with Gasteiger partial charge in [-0.3, -0.25) is 9.78 Å². The standard InChI is InChI=1S/C25H21F5N2O4S/c26-16-2-4-18(5-3-16)37(35,36)23-12-17(27)11-20(23)24(34)32-13-14-7-8-31-21(9-14)19-6-1-15(10-22(19)33)25(28,29)30/h1-10,17,20,23,33H,11-13H2,(H,32,34)/t17-,20-,23?/m1/s1. The molecule has 0 aliphatic heterocycles. The third-order valence-corrected chi connectivity index (χ3v) is 8.46. The number of sulfone groups is 1. The number of carbonyl (C=O) groups is 1. The summed E-state index contributed by atoms with van der Waals surface area (Å²) in [4.78, 5) is 16.7. The smallest absolute Gasteiger partial charge is 0.416 e. The third-order valence-electron chi connectivity index (χ3n) is 6.22. The molecule has 0 bridgehead atoms. The number of nitrogens with one attached hydrogen (secondary N) is 1. The van der Waals surface area contributed by atoms with Gasteiger partial charge in [-0.25, -0.2) is 17.2 Å². The molecule has 2 aromatic carbocycles. The average molecular weight is 541 g/mol. The van der Waals surface area contributed by atoms with Crippen molar-refractivity contribution in [1.29, 1.82) is 0 Å². The van der Waals surface area contributed by atoms with E-state index in [2.05, 4.69) is 10.3 Å². The minimum atomic E-state index is -4.63. The zero-order chi connectivity index (χ0) is 27.0. The first-order chi connectivity index (χ1) is 17.4. The molecule has 1 unspecified atom stereocenters. The van der Waals surface area contributed by atoms with Gasteiger partial charge in [-0.2, -0.15) is 13.2 Å². The Bertz CT molecular complexity index is 1410. The summed E-state index contributed by atoms with van der Waals surface area (Å²) in [6.07, 6.45) is -5.46. The fraction of sp³-hybridized carbons (Fsp3) is 0.280. The van der Waals surface area contributed by atoms with E-state index in [0.29, 0.717) is 11.6 Å². The number of benzene rings is 2. The molecule has 3 atom stereocenters. The molecule has 1 heterocycles. The molecule has 0 radical (unpaired) electrons. The van der Waals surface area contributed by atoms with Gasteiger partial charge in [0, 0.05) is 18.3 Å². The number of nitrogens with zero attached hydrogens (tertiary/aromatic N) is 1. The first-order valence-corrected chi connectivity index (χ1v) is 12.7. The van der Waals surface area contributed by atoms with Gasteiger partial charge in [0.1, 0.15) is 17.7 Å². The van der Waals surface area contributed by atoms with E-state index < -0.39 is 56.4 Å². The molecule has 3 aromatic rings. The lowest BCUT2D eigenvalue weighted by Gasteiger charge is -2.19. The van der Waals surface area contributed by atoms with Crippen molar-refractivity contribution < 1.29 is 40.3 Å². The highest BCUT2D eigenvalue weighted by Gasteiger charge is 2.46. The second kappa shape index (κ2) is 10.1. The maximum Gasteiger partial charge on any atom is 0.416 e. The number of phenols is 1. The Balaban J connectivity index is 1.49. The first kappa shape index (κ1) is 26.5. The van der Waals surface area contributed by atoms with Gasteiger partial charge in [-0.05, 0) is 73.0 Å². The van der Waals surface area contributed by atoms with Gasteiger partial charge >= 0.3 is 6.18 Å². The fourth-order valence-electron chi connectivity index (χ4n) is 4.33. The highest BCUT2D eigenvalue weighted by molar-refractivity contribution is 7.92. The van der Waals surface area contributed by atoms with Crippen molar-refractivity contribution in [3.63, 3.8) is 0 Å². The summed E-state index contributed by atoms with van der Waals surface area (Å²) >= 11 is 0. The topological polar surface area (TPSA) is 96.4 Å². The quantitative estimate of drug-likeness (QED) is 0.345. The molecule has 196 valence electrons. The molecule has 37 heavy (non-hydrogen) atoms. The van der Waals surface area contributed by atoms with Crippen molar-refractivity contribution in [1.82, 2.24) is 10.3 Å². The number of hydrogen-bond acceptors (Lipinski definition) is 5. The van der Waals surface area contributed by atoms with Gasteiger partial charge in [-0.1, -0.05) is 0 Å². The Labute approximate surface area is 209 Å². The van der Waals surface area contributed by atoms with Crippen LogP contribution in [0.15, 0.2) is 65.7 Å². The van der Waals surface area contributed by atoms with Crippen molar-refractivity contribution in [2.75, 3.05) is 0 Å². The molecule has 12 heteroatoms. The van der Waals surface area contributed by atoms with Crippen LogP contribution in [0.5, 0.6) is 5.75 Å². The van der Waals surface area contributed by atoms with Gasteiger partial charge < -0.3 is 10.4 Å². The molecule has 0 spiro atoms. The monoisotopic (exact) mass is 540 g/mol. The molecule has 1 aliphatic carbocycles. The minimum Gasteiger partial charge on any atom is -0.507 e. The molecular formula is C25H21F5N2O4S. The Morgan fingerprint density at radius 2 is 1.76 bits per heavy atom. The fourth-order valence-corrected chi connectivity index (χ4v) is 6.33. The minimum absolute atomic E-state index is 0.0442. The number of phenolic OH excluding ortho intramolecular Hbond substituents is 1. The van der Waals surface area contributed by atoms with Gasteiger partial charge in [-0.15, -0.1) is 0 Å². The van der Waals surface area contributed by atoms with Crippen LogP contribution in [0.3, 0.4) is 0 Å². The average Bonchev–Trinajstić information content (AvgIpc) is 3.25. The summed E-state index contributed by atoms with van der Waals surface area (Å²) in [5.74, 6) is -3.13. The van der Waals surface area contributed by atoms with Crippen molar-refractivity contribution >= 4 is 15.7 Å². The summed E-state index contributed by atoms with van der Waals surface area (Å²) in [5, 5.41) is 11.3. The number of carbonyl (C=O) groups excluding carboxylic acids is 1. The van der Waals surface area contributed by atoms with Crippen LogP contribution in [0.4, 0.5) is 22.0 Å². The second-order valence-electron chi connectivity index (χ2n) is 8.71. The molecule has 0 saturated heterocycles. The molecule has 1 fully saturated rings. The SMILES string of the molecule is O=C(NCc1ccnc(-c2ccc(C(F)(F)F)cc2O)c1)[C@@H]1C[C@@H](F)CC1S(=O)(=O)c1ccc(F)cc1. The summed E-state index contributed by atoms with van der Waals surface area (Å²) in [6, 6.07) is 9.51. The lowest BCUT2D eigenvalue weighted by molar-refractivity contribution is -0.137. The number of pyridine rings is 1. The second-order valence-corrected chi connectivity index (χ2v) is 10.9. The van der Waals surface area contributed by atoms with E-state index in [1.807, 2.05) is 0 Å². The predicted octanol–water partition coefficient (Wildman–Crippen LogP) is 4.82. The van der Waals surface area contributed by atoms with Crippen molar-refractivity contribution in [3.05, 3.63) is 77.7 Å². The van der Waals surface area contributed by atoms with E-state index in [4.69, 9.17) is 0 Å². The van der Waals surface area contributed by atoms with Crippen molar-refractivity contribution in [2.45, 2.75) is 41.9 Å². The van der Waals surface area contributed by atoms with E-state index in [1.54, 1.807) is 0 Å². The van der Waals surface area contributed by atoms with Crippen LogP contribution in [-0.2, 0) is 27.4 Å². The van der Waals surface area contributed by atoms with Crippen molar-refractivity contribution in [2.24, 2.45) is 5.92 Å². The summed E-state index contributed by atoms with van der Waals surface area (Å²) in [5.41, 5.74) is -0.363. The number of amides is 1. The Hall–Kier alpha value is -3.54. The summed E-state index contributed by atoms with van der Waals surface area (Å²) in [6.45, 7) is -0.105. The van der Waals surface area contributed by atoms with Crippen LogP contribution >= 0.6 is 0 Å². The molecule has 1 aromatic heterocycles. The van der Waals surface area contributed by atoms with E-state index >= 15 is 0 Å². The van der Waals surface area contributed by atoms with Crippen LogP contribution in [0.1, 0.15) is 24.0 Å². The van der Waals surface area contributed by atoms with Gasteiger partial charge in [0.15, 0.2) is 9.84 Å². The number of alkyl halides is 4. The predicted molar refractivity (Wildman–Crippen MR) is 123 cm³/mol. The molecule has 6 nitrogen and oxygen atoms in total. The van der Waals surface area contributed by atoms with E-state index in [9.17, 15) is 40.3 Å². The van der Waals surface area contributed by atoms with Crippen LogP contribution in [0, 0.1) is 11.7 Å². The van der Waals surface area contributed by atoms with Gasteiger partial charge in [0.05, 0.1) is 27.3 Å². The number of halogens is 5. The van der Waals surface area contributed by atoms with Crippen LogP contribution in [0.25, 0.3) is 11.3 Å². The van der Waals surface area contributed by atoms with Crippen LogP contribution in [0.2, 0.25) is 0 Å². The Kier molecular flexibility index (Phi) is 7.22. The van der Waals surface area contributed by atoms with Crippen molar-refractivity contribution in [3.8, 4) is 17.0 Å². The molecule has 1 saturated carbocycles. The molecule has 4 rings (SSSR count). The summed E-state index contributed by atoms with van der Waals surface area (Å²) in [7, 11) is -4.11. The lowest BCUT2D eigenvalue weighted by Crippen LogP contribution is -2.38. The summed E-state index contributed by atoms with van der Waals surface area (Å²) < 4.78 is 92.1. The number of rotatable bonds is 6. The van der Waals surface area contributed by atoms with Gasteiger partial charge in [0.25, 0.3) is 0 Å². The molecule has 2 N–H and O–H groups in total. The zero-order valence-electron chi connectivity index (χ0n) is 19.0. The molecular weight excluding hydrogens is 519 g/mol. The van der Waals surface area contributed by atoms with E-state index in [-0.39, 0.29) is 35.5 Å². The van der Waals surface area contributed by atoms with E-state index in [1.165, 1.54) is 18.3 Å². The number of aromatic nitrogens is 1. The molecule has 1 aliphatic rings. The highest BCUT2D eigenvalue weighted by Crippen LogP contribution is 2.38. The Morgan fingerprint density at radius 3 is 2.41 bits per heavy atom. The lowest BCUT2D eigenvalue weighted by atomic mass is 10.0. The number of hydrogen-bond donors (Lipinski definition) is 2. The third kappa shape index (κ3) is 5.74. The maximum absolute atomic E-state index is 14.2. The Morgan fingerprint density at radius 1 is 1.05 bits per heavy atom. The molecule has 1 amide bonds. The maximum atomic E-state index is 14.2. The van der Waals surface area contributed by atoms with Crippen LogP contribution in [-0.4, -0.2) is 35.8 Å². The first-order valence-electron chi connectivity index (χ1n) is 11.1.